The topological polar surface area (TPSA) is 60.2 Å². The standard InChI is InChI=1S/C9H15N3O2/c1-2-9-11-8(12-14-9)6-13-7-3-4-10-5-7/h7,10H,2-6H2,1H3. The van der Waals surface area contributed by atoms with E-state index in [4.69, 9.17) is 9.26 Å². The zero-order chi connectivity index (χ0) is 9.80. The molecule has 1 aliphatic heterocycles. The molecule has 1 saturated heterocycles. The van der Waals surface area contributed by atoms with Gasteiger partial charge in [-0.25, -0.2) is 0 Å². The molecule has 2 heterocycles. The fraction of sp³-hybridized carbons (Fsp3) is 0.778. The van der Waals surface area contributed by atoms with Crippen LogP contribution in [0.25, 0.3) is 0 Å². The van der Waals surface area contributed by atoms with Crippen LogP contribution in [0.4, 0.5) is 0 Å². The van der Waals surface area contributed by atoms with Crippen molar-refractivity contribution in [2.24, 2.45) is 0 Å². The summed E-state index contributed by atoms with van der Waals surface area (Å²) in [4.78, 5) is 4.17. The van der Waals surface area contributed by atoms with E-state index in [0.29, 0.717) is 24.4 Å². The molecule has 1 aromatic heterocycles. The van der Waals surface area contributed by atoms with E-state index in [9.17, 15) is 0 Å². The van der Waals surface area contributed by atoms with E-state index >= 15 is 0 Å². The third-order valence-corrected chi connectivity index (χ3v) is 2.28. The van der Waals surface area contributed by atoms with Crippen LogP contribution in [-0.4, -0.2) is 29.3 Å². The molecule has 0 spiro atoms. The zero-order valence-corrected chi connectivity index (χ0v) is 8.32. The number of nitrogens with one attached hydrogen (secondary N) is 1. The monoisotopic (exact) mass is 197 g/mol. The Kier molecular flexibility index (Phi) is 3.10. The number of hydrogen-bond donors (Lipinski definition) is 1. The lowest BCUT2D eigenvalue weighted by molar-refractivity contribution is 0.0490. The zero-order valence-electron chi connectivity index (χ0n) is 8.32. The molecule has 1 aromatic rings. The quantitative estimate of drug-likeness (QED) is 0.762. The van der Waals surface area contributed by atoms with Crippen LogP contribution >= 0.6 is 0 Å². The van der Waals surface area contributed by atoms with Gasteiger partial charge in [-0.1, -0.05) is 12.1 Å². The minimum absolute atomic E-state index is 0.304. The Balaban J connectivity index is 1.79. The molecule has 0 aliphatic carbocycles. The van der Waals surface area contributed by atoms with E-state index < -0.39 is 0 Å². The van der Waals surface area contributed by atoms with E-state index in [-0.39, 0.29) is 0 Å². The average Bonchev–Trinajstić information content (AvgIpc) is 2.86. The first-order valence-electron chi connectivity index (χ1n) is 5.02. The van der Waals surface area contributed by atoms with Crippen LogP contribution in [-0.2, 0) is 17.8 Å². The molecular weight excluding hydrogens is 182 g/mol. The second-order valence-corrected chi connectivity index (χ2v) is 3.38. The highest BCUT2D eigenvalue weighted by Crippen LogP contribution is 2.06. The van der Waals surface area contributed by atoms with Crippen molar-refractivity contribution in [2.45, 2.75) is 32.5 Å². The molecule has 14 heavy (non-hydrogen) atoms. The van der Waals surface area contributed by atoms with Crippen molar-refractivity contribution < 1.29 is 9.26 Å². The highest BCUT2D eigenvalue weighted by atomic mass is 16.5. The minimum Gasteiger partial charge on any atom is -0.369 e. The molecule has 1 fully saturated rings. The molecule has 1 atom stereocenters. The first kappa shape index (κ1) is 9.61. The predicted octanol–water partition coefficient (Wildman–Crippen LogP) is 0.510. The van der Waals surface area contributed by atoms with Crippen molar-refractivity contribution in [1.82, 2.24) is 15.5 Å². The van der Waals surface area contributed by atoms with Crippen LogP contribution < -0.4 is 5.32 Å². The van der Waals surface area contributed by atoms with Gasteiger partial charge in [-0.3, -0.25) is 0 Å². The first-order valence-corrected chi connectivity index (χ1v) is 5.02. The van der Waals surface area contributed by atoms with E-state index in [1.165, 1.54) is 0 Å². The Morgan fingerprint density at radius 3 is 3.21 bits per heavy atom. The van der Waals surface area contributed by atoms with Crippen molar-refractivity contribution in [3.63, 3.8) is 0 Å². The molecule has 0 bridgehead atoms. The molecule has 0 aromatic carbocycles. The number of aryl methyl sites for hydroxylation is 1. The molecule has 78 valence electrons. The minimum atomic E-state index is 0.304. The Labute approximate surface area is 82.8 Å². The number of aromatic nitrogens is 2. The Morgan fingerprint density at radius 1 is 1.64 bits per heavy atom. The number of nitrogens with zero attached hydrogens (tertiary/aromatic N) is 2. The van der Waals surface area contributed by atoms with Gasteiger partial charge in [0.2, 0.25) is 5.89 Å². The van der Waals surface area contributed by atoms with Gasteiger partial charge in [0.15, 0.2) is 5.82 Å². The lowest BCUT2D eigenvalue weighted by Crippen LogP contribution is -2.16. The molecule has 0 saturated carbocycles. The average molecular weight is 197 g/mol. The lowest BCUT2D eigenvalue weighted by Gasteiger charge is -2.06. The third kappa shape index (κ3) is 2.30. The SMILES string of the molecule is CCc1nc(COC2CCNC2)no1. The predicted molar refractivity (Wildman–Crippen MR) is 49.7 cm³/mol. The number of hydrogen-bond acceptors (Lipinski definition) is 5. The van der Waals surface area contributed by atoms with Gasteiger partial charge in [0.1, 0.15) is 6.61 Å². The van der Waals surface area contributed by atoms with Crippen LogP contribution in [0.1, 0.15) is 25.1 Å². The summed E-state index contributed by atoms with van der Waals surface area (Å²) < 4.78 is 10.6. The molecule has 1 unspecified atom stereocenters. The normalized spacial score (nSPS) is 21.6. The van der Waals surface area contributed by atoms with Gasteiger partial charge in [0.25, 0.3) is 0 Å². The number of rotatable bonds is 4. The number of ether oxygens (including phenoxy) is 1. The van der Waals surface area contributed by atoms with Crippen LogP contribution in [0.15, 0.2) is 4.52 Å². The maximum absolute atomic E-state index is 5.60. The first-order chi connectivity index (χ1) is 6.88. The van der Waals surface area contributed by atoms with E-state index in [1.807, 2.05) is 6.92 Å². The van der Waals surface area contributed by atoms with Crippen molar-refractivity contribution >= 4 is 0 Å². The van der Waals surface area contributed by atoms with Gasteiger partial charge in [-0.2, -0.15) is 4.98 Å². The Morgan fingerprint density at radius 2 is 2.57 bits per heavy atom. The van der Waals surface area contributed by atoms with Crippen LogP contribution in [0.2, 0.25) is 0 Å². The summed E-state index contributed by atoms with van der Waals surface area (Å²) in [5.41, 5.74) is 0. The summed E-state index contributed by atoms with van der Waals surface area (Å²) in [6, 6.07) is 0. The molecule has 2 rings (SSSR count). The van der Waals surface area contributed by atoms with Crippen LogP contribution in [0.3, 0.4) is 0 Å². The Bertz CT molecular complexity index is 281. The van der Waals surface area contributed by atoms with Crippen molar-refractivity contribution in [3.8, 4) is 0 Å². The maximum Gasteiger partial charge on any atom is 0.226 e. The maximum atomic E-state index is 5.60. The van der Waals surface area contributed by atoms with Crippen molar-refractivity contribution in [2.75, 3.05) is 13.1 Å². The largest absolute Gasteiger partial charge is 0.369 e. The van der Waals surface area contributed by atoms with Gasteiger partial charge >= 0.3 is 0 Å². The molecule has 1 aliphatic rings. The Hall–Kier alpha value is -0.940. The second kappa shape index (κ2) is 4.52. The van der Waals surface area contributed by atoms with Crippen molar-refractivity contribution in [1.29, 1.82) is 0 Å². The highest BCUT2D eigenvalue weighted by molar-refractivity contribution is 4.84. The van der Waals surface area contributed by atoms with Crippen LogP contribution in [0.5, 0.6) is 0 Å². The molecule has 5 heteroatoms. The van der Waals surface area contributed by atoms with Gasteiger partial charge in [0, 0.05) is 13.0 Å². The highest BCUT2D eigenvalue weighted by Gasteiger charge is 2.15. The molecule has 0 radical (unpaired) electrons. The van der Waals surface area contributed by atoms with E-state index in [1.54, 1.807) is 0 Å². The van der Waals surface area contributed by atoms with E-state index in [2.05, 4.69) is 15.5 Å². The van der Waals surface area contributed by atoms with Gasteiger partial charge < -0.3 is 14.6 Å². The summed E-state index contributed by atoms with van der Waals surface area (Å²) in [6.45, 7) is 4.41. The van der Waals surface area contributed by atoms with Crippen LogP contribution in [0, 0.1) is 0 Å². The molecular formula is C9H15N3O2. The summed E-state index contributed by atoms with van der Waals surface area (Å²) in [6.07, 6.45) is 2.15. The molecule has 0 amide bonds. The second-order valence-electron chi connectivity index (χ2n) is 3.38. The fourth-order valence-electron chi connectivity index (χ4n) is 1.46. The van der Waals surface area contributed by atoms with Gasteiger partial charge in [-0.05, 0) is 13.0 Å². The summed E-state index contributed by atoms with van der Waals surface area (Å²) in [7, 11) is 0. The van der Waals surface area contributed by atoms with Gasteiger partial charge in [0.05, 0.1) is 6.10 Å². The third-order valence-electron chi connectivity index (χ3n) is 2.28. The van der Waals surface area contributed by atoms with Gasteiger partial charge in [-0.15, -0.1) is 0 Å². The summed E-state index contributed by atoms with van der Waals surface area (Å²) >= 11 is 0. The molecule has 1 N–H and O–H groups in total. The van der Waals surface area contributed by atoms with Crippen molar-refractivity contribution in [3.05, 3.63) is 11.7 Å². The summed E-state index contributed by atoms with van der Waals surface area (Å²) in [5.74, 6) is 1.32. The lowest BCUT2D eigenvalue weighted by atomic mass is 10.3. The van der Waals surface area contributed by atoms with E-state index in [0.717, 1.165) is 25.9 Å². The smallest absolute Gasteiger partial charge is 0.226 e. The summed E-state index contributed by atoms with van der Waals surface area (Å²) in [5, 5.41) is 7.05. The molecule has 5 nitrogen and oxygen atoms in total. The fourth-order valence-corrected chi connectivity index (χ4v) is 1.46.